The predicted octanol–water partition coefficient (Wildman–Crippen LogP) is 3.91. The smallest absolute Gasteiger partial charge is 0.282 e. The first kappa shape index (κ1) is 16.6. The lowest BCUT2D eigenvalue weighted by Gasteiger charge is -2.21. The van der Waals surface area contributed by atoms with Crippen molar-refractivity contribution < 1.29 is 30.5 Å². The second kappa shape index (κ2) is 6.13. The Kier molecular flexibility index (Phi) is 4.84. The topological polar surface area (TPSA) is 54.4 Å². The van der Waals surface area contributed by atoms with Gasteiger partial charge < -0.3 is 0 Å². The van der Waals surface area contributed by atoms with Crippen molar-refractivity contribution in [3.05, 3.63) is 23.3 Å². The second-order valence-corrected chi connectivity index (χ2v) is 7.44. The molecular formula is C12H12F4O3S2. The quantitative estimate of drug-likeness (QED) is 0.513. The lowest BCUT2D eigenvalue weighted by molar-refractivity contribution is 0.384. The molecule has 0 heterocycles. The number of hydrogen-bond donors (Lipinski definition) is 1. The summed E-state index contributed by atoms with van der Waals surface area (Å²) in [6.07, 6.45) is 4.02. The van der Waals surface area contributed by atoms with E-state index in [9.17, 15) is 26.0 Å². The third-order valence-corrected chi connectivity index (χ3v) is 5.55. The fourth-order valence-corrected chi connectivity index (χ4v) is 4.19. The monoisotopic (exact) mass is 344 g/mol. The fraction of sp³-hybridized carbons (Fsp3) is 0.500. The molecule has 118 valence electrons. The highest BCUT2D eigenvalue weighted by Gasteiger charge is 2.33. The van der Waals surface area contributed by atoms with Gasteiger partial charge in [-0.3, -0.25) is 4.55 Å². The molecule has 2 rings (SSSR count). The lowest BCUT2D eigenvalue weighted by Crippen LogP contribution is -2.13. The summed E-state index contributed by atoms with van der Waals surface area (Å²) >= 11 is 0.659. The molecule has 0 aromatic heterocycles. The zero-order valence-electron chi connectivity index (χ0n) is 10.7. The Labute approximate surface area is 123 Å². The summed E-state index contributed by atoms with van der Waals surface area (Å²) in [5.74, 6) is -7.79. The number of rotatable bonds is 3. The summed E-state index contributed by atoms with van der Waals surface area (Å²) in [4.78, 5) is -2.88. The molecule has 1 aromatic carbocycles. The molecule has 0 bridgehead atoms. The van der Waals surface area contributed by atoms with E-state index in [-0.39, 0.29) is 5.25 Å². The molecule has 3 nitrogen and oxygen atoms in total. The van der Waals surface area contributed by atoms with E-state index in [1.54, 1.807) is 0 Å². The van der Waals surface area contributed by atoms with E-state index in [2.05, 4.69) is 0 Å². The van der Waals surface area contributed by atoms with Gasteiger partial charge in [-0.05, 0) is 12.8 Å². The Bertz CT molecular complexity index is 626. The van der Waals surface area contributed by atoms with Gasteiger partial charge in [0.1, 0.15) is 0 Å². The standard InChI is InChI=1S/C12H12F4O3S2/c13-7-9(15)12(21(17,18)19)10(16)8(14)11(7)20-6-4-2-1-3-5-6/h6H,1-5H2,(H,17,18,19). The minimum atomic E-state index is -5.40. The maximum absolute atomic E-state index is 13.8. The normalized spacial score (nSPS) is 17.2. The van der Waals surface area contributed by atoms with Crippen LogP contribution in [0.2, 0.25) is 0 Å². The van der Waals surface area contributed by atoms with Crippen LogP contribution >= 0.6 is 11.8 Å². The molecule has 9 heteroatoms. The van der Waals surface area contributed by atoms with Gasteiger partial charge in [-0.25, -0.2) is 17.6 Å². The Morgan fingerprint density at radius 2 is 1.38 bits per heavy atom. The first-order valence-corrected chi connectivity index (χ1v) is 8.55. The highest BCUT2D eigenvalue weighted by molar-refractivity contribution is 8.00. The summed E-state index contributed by atoms with van der Waals surface area (Å²) in [6, 6.07) is 0. The minimum Gasteiger partial charge on any atom is -0.282 e. The Balaban J connectivity index is 2.48. The van der Waals surface area contributed by atoms with Crippen LogP contribution in [0, 0.1) is 23.3 Å². The van der Waals surface area contributed by atoms with Gasteiger partial charge in [-0.15, -0.1) is 11.8 Å². The van der Waals surface area contributed by atoms with E-state index >= 15 is 0 Å². The second-order valence-electron chi connectivity index (χ2n) is 4.77. The minimum absolute atomic E-state index is 0.182. The zero-order chi connectivity index (χ0) is 15.8. The molecule has 21 heavy (non-hydrogen) atoms. The van der Waals surface area contributed by atoms with Gasteiger partial charge in [0.15, 0.2) is 28.2 Å². The molecular weight excluding hydrogens is 332 g/mol. The number of benzene rings is 1. The third kappa shape index (κ3) is 3.35. The van der Waals surface area contributed by atoms with Crippen LogP contribution in [0.4, 0.5) is 17.6 Å². The zero-order valence-corrected chi connectivity index (χ0v) is 12.3. The summed E-state index contributed by atoms with van der Waals surface area (Å²) in [5, 5.41) is -0.182. The van der Waals surface area contributed by atoms with Crippen LogP contribution < -0.4 is 0 Å². The summed E-state index contributed by atoms with van der Waals surface area (Å²) in [5.41, 5.74) is 0. The Morgan fingerprint density at radius 1 is 0.905 bits per heavy atom. The van der Waals surface area contributed by atoms with Crippen molar-refractivity contribution in [2.24, 2.45) is 0 Å². The molecule has 0 unspecified atom stereocenters. The lowest BCUT2D eigenvalue weighted by atomic mass is 10.0. The van der Waals surface area contributed by atoms with Crippen molar-refractivity contribution >= 4 is 21.9 Å². The van der Waals surface area contributed by atoms with Gasteiger partial charge in [0.25, 0.3) is 0 Å². The van der Waals surface area contributed by atoms with Crippen LogP contribution in [-0.4, -0.2) is 18.2 Å². The summed E-state index contributed by atoms with van der Waals surface area (Å²) in [6.45, 7) is 0. The molecule has 0 saturated heterocycles. The van der Waals surface area contributed by atoms with Crippen LogP contribution in [-0.2, 0) is 10.1 Å². The molecule has 0 radical (unpaired) electrons. The third-order valence-electron chi connectivity index (χ3n) is 3.28. The van der Waals surface area contributed by atoms with Gasteiger partial charge in [0, 0.05) is 5.25 Å². The van der Waals surface area contributed by atoms with Crippen molar-refractivity contribution in [1.29, 1.82) is 0 Å². The maximum Gasteiger partial charge on any atom is 0.300 e. The maximum atomic E-state index is 13.8. The van der Waals surface area contributed by atoms with Crippen LogP contribution in [0.1, 0.15) is 32.1 Å². The fourth-order valence-electron chi connectivity index (χ4n) is 2.27. The van der Waals surface area contributed by atoms with Gasteiger partial charge >= 0.3 is 10.1 Å². The van der Waals surface area contributed by atoms with E-state index in [4.69, 9.17) is 4.55 Å². The largest absolute Gasteiger partial charge is 0.300 e. The summed E-state index contributed by atoms with van der Waals surface area (Å²) in [7, 11) is -5.40. The molecule has 0 aliphatic heterocycles. The molecule has 1 fully saturated rings. The molecule has 0 amide bonds. The van der Waals surface area contributed by atoms with Crippen LogP contribution in [0.3, 0.4) is 0 Å². The van der Waals surface area contributed by atoms with Crippen LogP contribution in [0.5, 0.6) is 0 Å². The van der Waals surface area contributed by atoms with Gasteiger partial charge in [0.05, 0.1) is 4.90 Å². The molecule has 0 spiro atoms. The molecule has 1 N–H and O–H groups in total. The van der Waals surface area contributed by atoms with Crippen molar-refractivity contribution in [2.45, 2.75) is 47.1 Å². The van der Waals surface area contributed by atoms with Gasteiger partial charge in [-0.2, -0.15) is 8.42 Å². The first-order chi connectivity index (χ1) is 9.73. The molecule has 1 saturated carbocycles. The van der Waals surface area contributed by atoms with Crippen LogP contribution in [0.15, 0.2) is 9.79 Å². The van der Waals surface area contributed by atoms with Crippen molar-refractivity contribution in [2.75, 3.05) is 0 Å². The number of thioether (sulfide) groups is 1. The van der Waals surface area contributed by atoms with E-state index in [1.807, 2.05) is 0 Å². The van der Waals surface area contributed by atoms with E-state index in [0.717, 1.165) is 19.3 Å². The average molecular weight is 344 g/mol. The highest BCUT2D eigenvalue weighted by atomic mass is 32.2. The van der Waals surface area contributed by atoms with Crippen molar-refractivity contribution in [3.8, 4) is 0 Å². The number of hydrogen-bond acceptors (Lipinski definition) is 3. The Morgan fingerprint density at radius 3 is 1.81 bits per heavy atom. The number of halogens is 4. The first-order valence-electron chi connectivity index (χ1n) is 6.23. The Hall–Kier alpha value is -0.800. The van der Waals surface area contributed by atoms with Crippen LogP contribution in [0.25, 0.3) is 0 Å². The molecule has 1 aliphatic rings. The average Bonchev–Trinajstić information content (AvgIpc) is 2.41. The summed E-state index contributed by atoms with van der Waals surface area (Å²) < 4.78 is 85.2. The SMILES string of the molecule is O=S(=O)(O)c1c(F)c(F)c(SC2CCCCC2)c(F)c1F. The molecule has 1 aliphatic carbocycles. The molecule has 0 atom stereocenters. The van der Waals surface area contributed by atoms with Gasteiger partial charge in [0.2, 0.25) is 0 Å². The van der Waals surface area contributed by atoms with E-state index < -0.39 is 43.2 Å². The van der Waals surface area contributed by atoms with Gasteiger partial charge in [-0.1, -0.05) is 19.3 Å². The molecule has 1 aromatic rings. The predicted molar refractivity (Wildman–Crippen MR) is 68.8 cm³/mol. The highest BCUT2D eigenvalue weighted by Crippen LogP contribution is 2.39. The van der Waals surface area contributed by atoms with Crippen molar-refractivity contribution in [3.63, 3.8) is 0 Å². The van der Waals surface area contributed by atoms with Crippen molar-refractivity contribution in [1.82, 2.24) is 0 Å². The van der Waals surface area contributed by atoms with E-state index in [0.29, 0.717) is 24.6 Å². The van der Waals surface area contributed by atoms with E-state index in [1.165, 1.54) is 0 Å².